The number of carbonyl (C=O) groups excluding carboxylic acids is 1. The molecule has 16 heavy (non-hydrogen) atoms. The Morgan fingerprint density at radius 2 is 2.31 bits per heavy atom. The van der Waals surface area contributed by atoms with Gasteiger partial charge in [-0.1, -0.05) is 6.42 Å². The molecule has 1 heterocycles. The van der Waals surface area contributed by atoms with E-state index in [2.05, 4.69) is 12.2 Å². The molecule has 1 atom stereocenters. The average molecular weight is 244 g/mol. The van der Waals surface area contributed by atoms with Gasteiger partial charge < -0.3 is 10.2 Å². The smallest absolute Gasteiger partial charge is 0.223 e. The predicted octanol–water partition coefficient (Wildman–Crippen LogP) is 1.73. The highest BCUT2D eigenvalue weighted by atomic mass is 32.2. The van der Waals surface area contributed by atoms with Gasteiger partial charge in [0.15, 0.2) is 0 Å². The summed E-state index contributed by atoms with van der Waals surface area (Å²) in [6.45, 7) is 4.91. The van der Waals surface area contributed by atoms with Crippen molar-refractivity contribution in [2.45, 2.75) is 38.6 Å². The maximum absolute atomic E-state index is 11.9. The van der Waals surface area contributed by atoms with Crippen LogP contribution in [0.25, 0.3) is 0 Å². The third-order valence-electron chi connectivity index (χ3n) is 3.11. The van der Waals surface area contributed by atoms with Gasteiger partial charge in [0.1, 0.15) is 0 Å². The third kappa shape index (κ3) is 4.74. The van der Waals surface area contributed by atoms with Crippen molar-refractivity contribution in [1.29, 1.82) is 0 Å². The molecule has 1 saturated heterocycles. The molecule has 3 nitrogen and oxygen atoms in total. The molecule has 0 radical (unpaired) electrons. The second kappa shape index (κ2) is 7.96. The molecule has 0 aromatic heterocycles. The van der Waals surface area contributed by atoms with Crippen molar-refractivity contribution in [3.8, 4) is 0 Å². The molecule has 1 unspecified atom stereocenters. The summed E-state index contributed by atoms with van der Waals surface area (Å²) in [6.07, 6.45) is 6.53. The maximum atomic E-state index is 11.9. The van der Waals surface area contributed by atoms with Crippen LogP contribution in [0.2, 0.25) is 0 Å². The monoisotopic (exact) mass is 244 g/mol. The van der Waals surface area contributed by atoms with E-state index in [1.165, 1.54) is 19.3 Å². The van der Waals surface area contributed by atoms with E-state index in [-0.39, 0.29) is 0 Å². The van der Waals surface area contributed by atoms with E-state index in [9.17, 15) is 4.79 Å². The molecule has 1 N–H and O–H groups in total. The standard InChI is InChI=1S/C12H24N2OS/c1-3-14(12(15)7-9-16-2)10-11-6-4-5-8-13-11/h11,13H,3-10H2,1-2H3. The van der Waals surface area contributed by atoms with Crippen molar-refractivity contribution < 1.29 is 4.79 Å². The molecule has 0 aliphatic carbocycles. The van der Waals surface area contributed by atoms with Crippen molar-refractivity contribution in [2.24, 2.45) is 0 Å². The van der Waals surface area contributed by atoms with Crippen molar-refractivity contribution >= 4 is 17.7 Å². The number of thioether (sulfide) groups is 1. The zero-order valence-electron chi connectivity index (χ0n) is 10.5. The van der Waals surface area contributed by atoms with E-state index in [1.54, 1.807) is 11.8 Å². The molecule has 0 aromatic carbocycles. The van der Waals surface area contributed by atoms with Crippen LogP contribution in [-0.4, -0.2) is 48.5 Å². The highest BCUT2D eigenvalue weighted by molar-refractivity contribution is 7.98. The molecule has 1 fully saturated rings. The van der Waals surface area contributed by atoms with Crippen LogP contribution in [-0.2, 0) is 4.79 Å². The molecule has 94 valence electrons. The summed E-state index contributed by atoms with van der Waals surface area (Å²) in [4.78, 5) is 13.9. The van der Waals surface area contributed by atoms with Crippen LogP contribution in [0.5, 0.6) is 0 Å². The van der Waals surface area contributed by atoms with Crippen molar-refractivity contribution in [3.63, 3.8) is 0 Å². The average Bonchev–Trinajstić information content (AvgIpc) is 2.34. The first-order valence-corrected chi connectivity index (χ1v) is 7.67. The summed E-state index contributed by atoms with van der Waals surface area (Å²) in [5.74, 6) is 1.25. The Labute approximate surface area is 103 Å². The van der Waals surface area contributed by atoms with E-state index in [1.807, 2.05) is 11.2 Å². The van der Waals surface area contributed by atoms with Gasteiger partial charge in [0, 0.05) is 31.3 Å². The van der Waals surface area contributed by atoms with Gasteiger partial charge in [-0.25, -0.2) is 0 Å². The number of piperidine rings is 1. The molecule has 1 aliphatic heterocycles. The van der Waals surface area contributed by atoms with Crippen molar-refractivity contribution in [1.82, 2.24) is 10.2 Å². The third-order valence-corrected chi connectivity index (χ3v) is 3.72. The second-order valence-corrected chi connectivity index (χ2v) is 5.31. The Morgan fingerprint density at radius 1 is 1.50 bits per heavy atom. The zero-order chi connectivity index (χ0) is 11.8. The van der Waals surface area contributed by atoms with Gasteiger partial charge in [-0.15, -0.1) is 0 Å². The van der Waals surface area contributed by atoms with Gasteiger partial charge in [0.2, 0.25) is 5.91 Å². The molecular weight excluding hydrogens is 220 g/mol. The first kappa shape index (κ1) is 13.8. The Morgan fingerprint density at radius 3 is 2.88 bits per heavy atom. The first-order chi connectivity index (χ1) is 7.77. The first-order valence-electron chi connectivity index (χ1n) is 6.28. The fourth-order valence-electron chi connectivity index (χ4n) is 2.10. The Balaban J connectivity index is 2.31. The number of hydrogen-bond acceptors (Lipinski definition) is 3. The minimum atomic E-state index is 0.309. The minimum Gasteiger partial charge on any atom is -0.341 e. The topological polar surface area (TPSA) is 32.3 Å². The van der Waals surface area contributed by atoms with Gasteiger partial charge >= 0.3 is 0 Å². The number of amides is 1. The van der Waals surface area contributed by atoms with Crippen molar-refractivity contribution in [2.75, 3.05) is 31.6 Å². The van der Waals surface area contributed by atoms with Crippen LogP contribution in [0.1, 0.15) is 32.6 Å². The molecule has 0 saturated carbocycles. The summed E-state index contributed by atoms with van der Waals surface area (Å²) in [5, 5.41) is 3.50. The van der Waals surface area contributed by atoms with Crippen LogP contribution in [0.15, 0.2) is 0 Å². The normalized spacial score (nSPS) is 20.8. The highest BCUT2D eigenvalue weighted by Gasteiger charge is 2.18. The van der Waals surface area contributed by atoms with Crippen LogP contribution < -0.4 is 5.32 Å². The number of nitrogens with zero attached hydrogens (tertiary/aromatic N) is 1. The van der Waals surface area contributed by atoms with E-state index in [4.69, 9.17) is 0 Å². The summed E-state index contributed by atoms with van der Waals surface area (Å²) < 4.78 is 0. The number of nitrogens with one attached hydrogen (secondary N) is 1. The fourth-order valence-corrected chi connectivity index (χ4v) is 2.48. The SMILES string of the molecule is CCN(CC1CCCCN1)C(=O)CCSC. The van der Waals surface area contributed by atoms with E-state index in [0.29, 0.717) is 18.4 Å². The Bertz CT molecular complexity index is 205. The van der Waals surface area contributed by atoms with Crippen LogP contribution in [0.4, 0.5) is 0 Å². The zero-order valence-corrected chi connectivity index (χ0v) is 11.3. The molecule has 0 spiro atoms. The number of hydrogen-bond donors (Lipinski definition) is 1. The molecule has 1 aliphatic rings. The van der Waals surface area contributed by atoms with Gasteiger partial charge in [-0.3, -0.25) is 4.79 Å². The lowest BCUT2D eigenvalue weighted by Gasteiger charge is -2.30. The predicted molar refractivity (Wildman–Crippen MR) is 70.9 cm³/mol. The van der Waals surface area contributed by atoms with Crippen molar-refractivity contribution in [3.05, 3.63) is 0 Å². The number of likely N-dealkylation sites (N-methyl/N-ethyl adjacent to an activating group) is 1. The molecule has 1 amide bonds. The number of rotatable bonds is 6. The minimum absolute atomic E-state index is 0.309. The molecule has 0 aromatic rings. The lowest BCUT2D eigenvalue weighted by Crippen LogP contribution is -2.45. The summed E-state index contributed by atoms with van der Waals surface area (Å²) >= 11 is 1.74. The van der Waals surface area contributed by atoms with Crippen LogP contribution in [0, 0.1) is 0 Å². The fraction of sp³-hybridized carbons (Fsp3) is 0.917. The summed E-state index contributed by atoms with van der Waals surface area (Å²) in [5.41, 5.74) is 0. The lowest BCUT2D eigenvalue weighted by atomic mass is 10.0. The molecule has 1 rings (SSSR count). The largest absolute Gasteiger partial charge is 0.341 e. The highest BCUT2D eigenvalue weighted by Crippen LogP contribution is 2.09. The van der Waals surface area contributed by atoms with E-state index < -0.39 is 0 Å². The van der Waals surface area contributed by atoms with Gasteiger partial charge in [0.25, 0.3) is 0 Å². The maximum Gasteiger partial charge on any atom is 0.223 e. The lowest BCUT2D eigenvalue weighted by molar-refractivity contribution is -0.131. The Kier molecular flexibility index (Phi) is 6.88. The molecular formula is C12H24N2OS. The Hall–Kier alpha value is -0.220. The second-order valence-electron chi connectivity index (χ2n) is 4.32. The number of carbonyl (C=O) groups is 1. The quantitative estimate of drug-likeness (QED) is 0.772. The van der Waals surface area contributed by atoms with Gasteiger partial charge in [-0.2, -0.15) is 11.8 Å². The van der Waals surface area contributed by atoms with E-state index in [0.717, 1.165) is 25.4 Å². The van der Waals surface area contributed by atoms with Gasteiger partial charge in [-0.05, 0) is 32.6 Å². The summed E-state index contributed by atoms with van der Waals surface area (Å²) in [6, 6.07) is 0.520. The molecule has 0 bridgehead atoms. The van der Waals surface area contributed by atoms with Crippen LogP contribution >= 0.6 is 11.8 Å². The summed E-state index contributed by atoms with van der Waals surface area (Å²) in [7, 11) is 0. The molecule has 4 heteroatoms. The van der Waals surface area contributed by atoms with E-state index >= 15 is 0 Å². The van der Waals surface area contributed by atoms with Crippen LogP contribution in [0.3, 0.4) is 0 Å². The van der Waals surface area contributed by atoms with Gasteiger partial charge in [0.05, 0.1) is 0 Å².